The molecule has 2 saturated carbocycles. The smallest absolute Gasteiger partial charge is 0.410 e. The molecule has 4 amide bonds. The van der Waals surface area contributed by atoms with Crippen molar-refractivity contribution < 1.29 is 41.1 Å². The monoisotopic (exact) mass is 808 g/mol. The molecule has 2 aromatic carbocycles. The van der Waals surface area contributed by atoms with Crippen molar-refractivity contribution in [2.75, 3.05) is 11.9 Å². The van der Waals surface area contributed by atoms with Crippen LogP contribution in [0.2, 0.25) is 0 Å². The highest BCUT2D eigenvalue weighted by molar-refractivity contribution is 7.91. The molecule has 3 aliphatic heterocycles. The molecule has 56 heavy (non-hydrogen) atoms. The summed E-state index contributed by atoms with van der Waals surface area (Å²) in [5.74, 6) is -3.25. The van der Waals surface area contributed by atoms with Crippen LogP contribution in [0.4, 0.5) is 18.7 Å². The summed E-state index contributed by atoms with van der Waals surface area (Å²) in [6.07, 6.45) is 6.41. The maximum Gasteiger partial charge on any atom is 0.410 e. The number of sulfonamides is 1. The zero-order valence-corrected chi connectivity index (χ0v) is 32.1. The van der Waals surface area contributed by atoms with E-state index >= 15 is 0 Å². The Kier molecular flexibility index (Phi) is 10.3. The van der Waals surface area contributed by atoms with E-state index in [4.69, 9.17) is 4.74 Å². The summed E-state index contributed by atoms with van der Waals surface area (Å²) < 4.78 is 62.2. The minimum atomic E-state index is -3.92. The Morgan fingerprint density at radius 2 is 1.86 bits per heavy atom. The number of nitrogens with one attached hydrogen (secondary N) is 3. The van der Waals surface area contributed by atoms with Gasteiger partial charge in [0.15, 0.2) is 5.13 Å². The van der Waals surface area contributed by atoms with Crippen LogP contribution in [0.1, 0.15) is 68.9 Å². The number of hydrogen-bond acceptors (Lipinski definition) is 10. The van der Waals surface area contributed by atoms with Gasteiger partial charge in [0.1, 0.15) is 35.4 Å². The maximum absolute atomic E-state index is 14.6. The first-order valence-electron chi connectivity index (χ1n) is 19.0. The Balaban J connectivity index is 1.06. The molecule has 3 aromatic rings. The largest absolute Gasteiger partial charge is 0.444 e. The van der Waals surface area contributed by atoms with E-state index in [1.165, 1.54) is 39.3 Å². The number of rotatable bonds is 7. The third kappa shape index (κ3) is 7.88. The number of benzene rings is 2. The number of hydrogen-bond donors (Lipinski definition) is 3. The first kappa shape index (κ1) is 38.0. The van der Waals surface area contributed by atoms with Crippen molar-refractivity contribution in [1.29, 1.82) is 0 Å². The Morgan fingerprint density at radius 1 is 1.04 bits per heavy atom. The van der Waals surface area contributed by atoms with Crippen molar-refractivity contribution >= 4 is 50.3 Å². The number of thiazole rings is 1. The number of ether oxygens (including phenoxy) is 1. The quantitative estimate of drug-likeness (QED) is 0.279. The van der Waals surface area contributed by atoms with Gasteiger partial charge in [-0.1, -0.05) is 49.3 Å². The molecule has 3 fully saturated rings. The number of nitrogens with zero attached hydrogens (tertiary/aromatic N) is 3. The van der Waals surface area contributed by atoms with Crippen LogP contribution in [-0.2, 0) is 42.2 Å². The van der Waals surface area contributed by atoms with Crippen LogP contribution < -0.4 is 15.4 Å². The van der Waals surface area contributed by atoms with E-state index in [2.05, 4.69) is 20.3 Å². The van der Waals surface area contributed by atoms with Crippen LogP contribution in [0.15, 0.2) is 60.0 Å². The molecule has 5 atom stereocenters. The summed E-state index contributed by atoms with van der Waals surface area (Å²) >= 11 is 1.25. The lowest BCUT2D eigenvalue weighted by Crippen LogP contribution is -2.57. The molecule has 13 nitrogen and oxygen atoms in total. The normalized spacial score (nSPS) is 27.2. The van der Waals surface area contributed by atoms with Crippen molar-refractivity contribution in [1.82, 2.24) is 24.8 Å². The van der Waals surface area contributed by atoms with Crippen LogP contribution in [-0.4, -0.2) is 82.5 Å². The van der Waals surface area contributed by atoms with Crippen LogP contribution in [0.5, 0.6) is 0 Å². The van der Waals surface area contributed by atoms with E-state index in [0.29, 0.717) is 59.6 Å². The first-order valence-corrected chi connectivity index (χ1v) is 21.4. The average molecular weight is 809 g/mol. The molecule has 1 aromatic heterocycles. The molecular formula is C39H42F2N6O7S2. The summed E-state index contributed by atoms with van der Waals surface area (Å²) in [5, 5.41) is 7.60. The minimum Gasteiger partial charge on any atom is -0.444 e. The van der Waals surface area contributed by atoms with E-state index < -0.39 is 80.4 Å². The number of carbonyl (C=O) groups is 4. The molecular weight excluding hydrogens is 767 g/mol. The number of amides is 4. The second kappa shape index (κ2) is 15.2. The third-order valence-corrected chi connectivity index (χ3v) is 13.8. The molecule has 0 radical (unpaired) electrons. The number of fused-ring (bicyclic) bond motifs is 3. The maximum atomic E-state index is 14.6. The Bertz CT molecular complexity index is 2200. The Labute approximate surface area is 326 Å². The van der Waals surface area contributed by atoms with Gasteiger partial charge in [-0.05, 0) is 62.3 Å². The van der Waals surface area contributed by atoms with Gasteiger partial charge in [-0.2, -0.15) is 0 Å². The second-order valence-corrected chi connectivity index (χ2v) is 18.1. The molecule has 8 rings (SSSR count). The number of halogens is 2. The van der Waals surface area contributed by atoms with E-state index in [-0.39, 0.29) is 32.5 Å². The zero-order chi connectivity index (χ0) is 39.2. The Hall–Kier alpha value is -4.90. The van der Waals surface area contributed by atoms with Gasteiger partial charge in [0.05, 0.1) is 24.0 Å². The SMILES string of the molecule is O=C1N[C@]2(C(=O)NS(=O)(=O)C3CC3)C[C@@H]2/C=C\CCCCC[C@H](Nc2nc(-c3cccc(F)c3)cs2)C(=O)N2C[C@H](OC(=O)N3Cc4cccc(F)c4C3)C[C@@H]12. The van der Waals surface area contributed by atoms with E-state index in [9.17, 15) is 36.4 Å². The van der Waals surface area contributed by atoms with Gasteiger partial charge in [0.25, 0.3) is 5.91 Å². The van der Waals surface area contributed by atoms with Crippen LogP contribution >= 0.6 is 11.3 Å². The Morgan fingerprint density at radius 3 is 2.64 bits per heavy atom. The molecule has 5 aliphatic rings. The van der Waals surface area contributed by atoms with Crippen molar-refractivity contribution in [2.45, 2.75) is 99.9 Å². The molecule has 296 valence electrons. The first-order chi connectivity index (χ1) is 26.9. The van der Waals surface area contributed by atoms with Crippen LogP contribution in [0.3, 0.4) is 0 Å². The molecule has 4 heterocycles. The lowest BCUT2D eigenvalue weighted by molar-refractivity contribution is -0.140. The number of aromatic nitrogens is 1. The number of carbonyl (C=O) groups excluding carboxylic acids is 4. The van der Waals surface area contributed by atoms with E-state index in [0.717, 1.165) is 12.8 Å². The van der Waals surface area contributed by atoms with Gasteiger partial charge in [-0.15, -0.1) is 11.3 Å². The highest BCUT2D eigenvalue weighted by Gasteiger charge is 2.62. The highest BCUT2D eigenvalue weighted by atomic mass is 32.2. The second-order valence-electron chi connectivity index (χ2n) is 15.2. The van der Waals surface area contributed by atoms with Gasteiger partial charge < -0.3 is 20.3 Å². The zero-order valence-electron chi connectivity index (χ0n) is 30.4. The predicted octanol–water partition coefficient (Wildman–Crippen LogP) is 4.99. The van der Waals surface area contributed by atoms with Gasteiger partial charge in [-0.25, -0.2) is 27.0 Å². The molecule has 17 heteroatoms. The summed E-state index contributed by atoms with van der Waals surface area (Å²) in [7, 11) is -3.92. The van der Waals surface area contributed by atoms with Crippen LogP contribution in [0.25, 0.3) is 11.3 Å². The molecule has 1 saturated heterocycles. The fourth-order valence-electron chi connectivity index (χ4n) is 7.84. The lowest BCUT2D eigenvalue weighted by atomic mass is 10.1. The number of anilines is 1. The summed E-state index contributed by atoms with van der Waals surface area (Å²) in [6.45, 7) is 0.00769. The van der Waals surface area contributed by atoms with Gasteiger partial charge >= 0.3 is 6.09 Å². The molecule has 0 spiro atoms. The molecule has 0 bridgehead atoms. The van der Waals surface area contributed by atoms with Crippen molar-refractivity contribution in [3.05, 3.63) is 82.8 Å². The van der Waals surface area contributed by atoms with Gasteiger partial charge in [-0.3, -0.25) is 24.0 Å². The summed E-state index contributed by atoms with van der Waals surface area (Å²) in [4.78, 5) is 63.5. The lowest BCUT2D eigenvalue weighted by Gasteiger charge is -2.29. The van der Waals surface area contributed by atoms with E-state index in [1.807, 2.05) is 12.2 Å². The highest BCUT2D eigenvalue weighted by Crippen LogP contribution is 2.46. The van der Waals surface area contributed by atoms with E-state index in [1.54, 1.807) is 29.6 Å². The van der Waals surface area contributed by atoms with Crippen LogP contribution in [0, 0.1) is 17.6 Å². The summed E-state index contributed by atoms with van der Waals surface area (Å²) in [6, 6.07) is 8.63. The van der Waals surface area contributed by atoms with Gasteiger partial charge in [0.2, 0.25) is 21.8 Å². The minimum absolute atomic E-state index is 0.00778. The predicted molar refractivity (Wildman–Crippen MR) is 202 cm³/mol. The molecule has 3 N–H and O–H groups in total. The average Bonchev–Trinajstić information content (AvgIpc) is 3.96. The standard InChI is InChI=1S/C39H42F2N6O7S2/c40-26-11-6-8-23(16-26)32-22-55-37(43-32)42-31-13-5-3-1-2-4-10-25-18-39(25,36(50)45-56(52,53)28-14-15-28)44-34(48)33-17-27(20-47(33)35(31)49)54-38(51)46-19-24-9-7-12-30(41)29(24)21-46/h4,6-12,16,22,25,27-28,31,33H,1-3,5,13-15,17-21H2,(H,42,43)(H,44,48)(H,45,50)/b10-4-/t25-,27+,31-,33-,39+/m0/s1. The fraction of sp³-hybridized carbons (Fsp3) is 0.462. The molecule has 2 aliphatic carbocycles. The third-order valence-electron chi connectivity index (χ3n) is 11.2. The van der Waals surface area contributed by atoms with Crippen molar-refractivity contribution in [3.63, 3.8) is 0 Å². The van der Waals surface area contributed by atoms with Crippen molar-refractivity contribution in [3.8, 4) is 11.3 Å². The topological polar surface area (TPSA) is 167 Å². The number of allylic oxidation sites excluding steroid dienone is 1. The van der Waals surface area contributed by atoms with Gasteiger partial charge in [0, 0.05) is 35.4 Å². The van der Waals surface area contributed by atoms with Crippen molar-refractivity contribution in [2.24, 2.45) is 5.92 Å². The molecule has 0 unspecified atom stereocenters. The fourth-order valence-corrected chi connectivity index (χ4v) is 9.98. The summed E-state index contributed by atoms with van der Waals surface area (Å²) in [5.41, 5.74) is 0.606.